The number of esters is 1. The van der Waals surface area contributed by atoms with Crippen LogP contribution in [0.4, 0.5) is 0 Å². The normalized spacial score (nSPS) is 16.9. The lowest BCUT2D eigenvalue weighted by atomic mass is 9.83. The molecule has 8 nitrogen and oxygen atoms in total. The third-order valence-electron chi connectivity index (χ3n) is 6.07. The van der Waals surface area contributed by atoms with Gasteiger partial charge in [-0.2, -0.15) is 0 Å². The second-order valence-corrected chi connectivity index (χ2v) is 7.74. The minimum absolute atomic E-state index is 0.151. The van der Waals surface area contributed by atoms with E-state index < -0.39 is 12.8 Å². The van der Waals surface area contributed by atoms with E-state index in [2.05, 4.69) is 11.0 Å². The molecule has 0 aliphatic carbocycles. The molecule has 0 bridgehead atoms. The van der Waals surface area contributed by atoms with Gasteiger partial charge in [-0.15, -0.1) is 0 Å². The molecule has 0 saturated carbocycles. The SMILES string of the molecule is CCOC(=O)COc1cc2c(cc1OC)C1Cc3ccc(OC)c(OCO)c3CN1CC2. The molecule has 0 amide bonds. The molecule has 0 spiro atoms. The first-order valence-corrected chi connectivity index (χ1v) is 10.7. The Morgan fingerprint density at radius 3 is 2.62 bits per heavy atom. The Bertz CT molecular complexity index is 991. The maximum absolute atomic E-state index is 11.7. The van der Waals surface area contributed by atoms with E-state index in [0.717, 1.165) is 24.9 Å². The largest absolute Gasteiger partial charge is 0.493 e. The molecule has 2 heterocycles. The number of methoxy groups -OCH3 is 2. The monoisotopic (exact) mass is 443 g/mol. The first kappa shape index (κ1) is 22.2. The van der Waals surface area contributed by atoms with Crippen molar-refractivity contribution in [1.29, 1.82) is 0 Å². The van der Waals surface area contributed by atoms with Crippen molar-refractivity contribution in [3.63, 3.8) is 0 Å². The second-order valence-electron chi connectivity index (χ2n) is 7.74. The van der Waals surface area contributed by atoms with Crippen LogP contribution in [0.3, 0.4) is 0 Å². The van der Waals surface area contributed by atoms with Gasteiger partial charge in [-0.1, -0.05) is 6.07 Å². The van der Waals surface area contributed by atoms with Crippen LogP contribution in [0.2, 0.25) is 0 Å². The van der Waals surface area contributed by atoms with Gasteiger partial charge < -0.3 is 28.8 Å². The zero-order valence-electron chi connectivity index (χ0n) is 18.7. The number of ether oxygens (including phenoxy) is 5. The van der Waals surface area contributed by atoms with Crippen molar-refractivity contribution in [2.24, 2.45) is 0 Å². The molecule has 1 N–H and O–H groups in total. The van der Waals surface area contributed by atoms with Gasteiger partial charge in [-0.3, -0.25) is 4.90 Å². The summed E-state index contributed by atoms with van der Waals surface area (Å²) in [5, 5.41) is 9.35. The molecule has 4 rings (SSSR count). The van der Waals surface area contributed by atoms with Crippen LogP contribution in [-0.2, 0) is 28.9 Å². The maximum Gasteiger partial charge on any atom is 0.344 e. The predicted octanol–water partition coefficient (Wildman–Crippen LogP) is 2.63. The van der Waals surface area contributed by atoms with Crippen LogP contribution in [0.1, 0.15) is 35.2 Å². The minimum atomic E-state index is -0.404. The molecular weight excluding hydrogens is 414 g/mol. The van der Waals surface area contributed by atoms with Crippen molar-refractivity contribution in [3.8, 4) is 23.0 Å². The summed E-state index contributed by atoms with van der Waals surface area (Å²) < 4.78 is 27.2. The average molecular weight is 443 g/mol. The van der Waals surface area contributed by atoms with Crippen molar-refractivity contribution in [3.05, 3.63) is 46.5 Å². The number of hydrogen-bond acceptors (Lipinski definition) is 8. The fraction of sp³-hybridized carbons (Fsp3) is 0.458. The van der Waals surface area contributed by atoms with Crippen LogP contribution in [0.5, 0.6) is 23.0 Å². The van der Waals surface area contributed by atoms with E-state index in [1.165, 1.54) is 16.7 Å². The summed E-state index contributed by atoms with van der Waals surface area (Å²) in [4.78, 5) is 14.1. The minimum Gasteiger partial charge on any atom is -0.493 e. The molecule has 0 aromatic heterocycles. The molecule has 32 heavy (non-hydrogen) atoms. The third kappa shape index (κ3) is 4.20. The number of carbonyl (C=O) groups excluding carboxylic acids is 1. The van der Waals surface area contributed by atoms with Crippen LogP contribution >= 0.6 is 0 Å². The number of carbonyl (C=O) groups is 1. The highest BCUT2D eigenvalue weighted by molar-refractivity contribution is 5.71. The Balaban J connectivity index is 1.63. The number of hydrogen-bond donors (Lipinski definition) is 1. The molecule has 172 valence electrons. The average Bonchev–Trinajstić information content (AvgIpc) is 2.81. The summed E-state index contributed by atoms with van der Waals surface area (Å²) in [7, 11) is 3.20. The topological polar surface area (TPSA) is 86.7 Å². The van der Waals surface area contributed by atoms with Gasteiger partial charge in [0.2, 0.25) is 0 Å². The first-order chi connectivity index (χ1) is 15.6. The Hall–Kier alpha value is -2.97. The van der Waals surface area contributed by atoms with Crippen molar-refractivity contribution in [2.45, 2.75) is 32.4 Å². The molecule has 1 atom stereocenters. The van der Waals surface area contributed by atoms with Crippen molar-refractivity contribution >= 4 is 5.97 Å². The van der Waals surface area contributed by atoms with Gasteiger partial charge in [0.25, 0.3) is 0 Å². The highest BCUT2D eigenvalue weighted by Gasteiger charge is 2.35. The molecule has 8 heteroatoms. The first-order valence-electron chi connectivity index (χ1n) is 10.7. The zero-order chi connectivity index (χ0) is 22.7. The van der Waals surface area contributed by atoms with E-state index in [1.807, 2.05) is 18.2 Å². The Morgan fingerprint density at radius 1 is 1.09 bits per heavy atom. The molecular formula is C24H29NO7. The molecule has 2 aliphatic heterocycles. The van der Waals surface area contributed by atoms with E-state index in [1.54, 1.807) is 21.1 Å². The Morgan fingerprint density at radius 2 is 1.91 bits per heavy atom. The maximum atomic E-state index is 11.7. The summed E-state index contributed by atoms with van der Waals surface area (Å²) in [5.74, 6) is 1.97. The van der Waals surface area contributed by atoms with Crippen molar-refractivity contribution in [2.75, 3.05) is 40.8 Å². The predicted molar refractivity (Wildman–Crippen MR) is 116 cm³/mol. The third-order valence-corrected chi connectivity index (χ3v) is 6.07. The van der Waals surface area contributed by atoms with Gasteiger partial charge in [-0.25, -0.2) is 4.79 Å². The van der Waals surface area contributed by atoms with Crippen LogP contribution in [0.15, 0.2) is 24.3 Å². The van der Waals surface area contributed by atoms with Gasteiger partial charge in [0.1, 0.15) is 0 Å². The Kier molecular flexibility index (Phi) is 6.72. The number of aliphatic hydroxyl groups excluding tert-OH is 1. The van der Waals surface area contributed by atoms with Crippen LogP contribution < -0.4 is 18.9 Å². The molecule has 0 radical (unpaired) electrons. The van der Waals surface area contributed by atoms with E-state index in [0.29, 0.717) is 36.1 Å². The molecule has 0 saturated heterocycles. The van der Waals surface area contributed by atoms with Crippen molar-refractivity contribution < 1.29 is 33.6 Å². The second kappa shape index (κ2) is 9.67. The number of benzene rings is 2. The van der Waals surface area contributed by atoms with Gasteiger partial charge in [0.05, 0.1) is 20.8 Å². The summed E-state index contributed by atoms with van der Waals surface area (Å²) in [6.07, 6.45) is 1.65. The number of rotatable bonds is 8. The molecule has 0 fully saturated rings. The lowest BCUT2D eigenvalue weighted by Gasteiger charge is -2.42. The fourth-order valence-electron chi connectivity index (χ4n) is 4.61. The summed E-state index contributed by atoms with van der Waals surface area (Å²) in [5.41, 5.74) is 4.61. The zero-order valence-corrected chi connectivity index (χ0v) is 18.7. The van der Waals surface area contributed by atoms with E-state index in [-0.39, 0.29) is 12.6 Å². The number of aliphatic hydroxyl groups is 1. The van der Waals surface area contributed by atoms with E-state index >= 15 is 0 Å². The smallest absolute Gasteiger partial charge is 0.344 e. The molecule has 2 aliphatic rings. The van der Waals surface area contributed by atoms with Gasteiger partial charge in [0.15, 0.2) is 36.4 Å². The number of nitrogens with zero attached hydrogens (tertiary/aromatic N) is 1. The van der Waals surface area contributed by atoms with Crippen LogP contribution in [-0.4, -0.2) is 56.7 Å². The summed E-state index contributed by atoms with van der Waals surface area (Å²) in [6.45, 7) is 3.11. The van der Waals surface area contributed by atoms with Gasteiger partial charge in [0, 0.05) is 24.7 Å². The summed E-state index contributed by atoms with van der Waals surface area (Å²) in [6, 6.07) is 8.14. The number of fused-ring (bicyclic) bond motifs is 4. The lowest BCUT2D eigenvalue weighted by molar-refractivity contribution is -0.145. The van der Waals surface area contributed by atoms with Gasteiger partial charge in [-0.05, 0) is 54.7 Å². The molecule has 2 aromatic carbocycles. The lowest BCUT2D eigenvalue weighted by Crippen LogP contribution is -2.39. The van der Waals surface area contributed by atoms with E-state index in [4.69, 9.17) is 23.7 Å². The quantitative estimate of drug-likeness (QED) is 0.492. The molecule has 1 unspecified atom stereocenters. The highest BCUT2D eigenvalue weighted by Crippen LogP contribution is 2.45. The van der Waals surface area contributed by atoms with E-state index in [9.17, 15) is 9.90 Å². The van der Waals surface area contributed by atoms with Gasteiger partial charge >= 0.3 is 5.97 Å². The highest BCUT2D eigenvalue weighted by atomic mass is 16.6. The van der Waals surface area contributed by atoms with Crippen LogP contribution in [0.25, 0.3) is 0 Å². The fourth-order valence-corrected chi connectivity index (χ4v) is 4.61. The van der Waals surface area contributed by atoms with Crippen molar-refractivity contribution in [1.82, 2.24) is 4.90 Å². The Labute approximate surface area is 187 Å². The summed E-state index contributed by atoms with van der Waals surface area (Å²) >= 11 is 0. The van der Waals surface area contributed by atoms with Crippen LogP contribution in [0, 0.1) is 0 Å². The molecule has 2 aromatic rings. The standard InChI is InChI=1S/C24H29NO7/c1-4-30-23(27)13-31-22-10-16-7-8-25-12-18-15(5-6-20(28-2)24(18)32-14-26)9-19(25)17(16)11-21(22)29-3/h5-6,10-11,19,26H,4,7-9,12-14H2,1-3H3.